The molecular formula is C15H22F2N2. The summed E-state index contributed by atoms with van der Waals surface area (Å²) in [6.45, 7) is 2.21. The highest BCUT2D eigenvalue weighted by atomic mass is 19.3. The summed E-state index contributed by atoms with van der Waals surface area (Å²) in [5.41, 5.74) is 6.67. The smallest absolute Gasteiger partial charge is 0.265 e. The third kappa shape index (κ3) is 2.99. The van der Waals surface area contributed by atoms with Crippen LogP contribution in [0.2, 0.25) is 0 Å². The van der Waals surface area contributed by atoms with E-state index in [0.717, 1.165) is 6.42 Å². The van der Waals surface area contributed by atoms with E-state index >= 15 is 0 Å². The van der Waals surface area contributed by atoms with Crippen molar-refractivity contribution in [1.82, 2.24) is 0 Å². The van der Waals surface area contributed by atoms with Crippen LogP contribution >= 0.6 is 0 Å². The van der Waals surface area contributed by atoms with Crippen LogP contribution in [0.25, 0.3) is 0 Å². The molecule has 19 heavy (non-hydrogen) atoms. The van der Waals surface area contributed by atoms with Crippen LogP contribution in [-0.2, 0) is 0 Å². The first-order chi connectivity index (χ1) is 9.00. The van der Waals surface area contributed by atoms with Crippen LogP contribution in [0.1, 0.15) is 44.6 Å². The molecule has 0 saturated heterocycles. The van der Waals surface area contributed by atoms with Crippen LogP contribution in [0.15, 0.2) is 18.2 Å². The summed E-state index contributed by atoms with van der Waals surface area (Å²) in [5.74, 6) is 0.543. The SMILES string of the molecule is CC1CCCCC1N(C)c1ccc(N)cc1C(F)F. The van der Waals surface area contributed by atoms with E-state index in [0.29, 0.717) is 23.3 Å². The maximum Gasteiger partial charge on any atom is 0.265 e. The zero-order valence-electron chi connectivity index (χ0n) is 11.6. The second-order valence-electron chi connectivity index (χ2n) is 5.56. The maximum atomic E-state index is 13.1. The number of hydrogen-bond acceptors (Lipinski definition) is 2. The Morgan fingerprint density at radius 2 is 1.95 bits per heavy atom. The lowest BCUT2D eigenvalue weighted by Crippen LogP contribution is -2.39. The Hall–Kier alpha value is -1.32. The predicted octanol–water partition coefficient (Wildman–Crippen LogP) is 4.22. The van der Waals surface area contributed by atoms with Gasteiger partial charge in [-0.3, -0.25) is 0 Å². The quantitative estimate of drug-likeness (QED) is 0.832. The molecule has 0 heterocycles. The number of anilines is 2. The standard InChI is InChI=1S/C15H22F2N2/c1-10-5-3-4-6-13(10)19(2)14-8-7-11(18)9-12(14)15(16)17/h7-10,13,15H,3-6,18H2,1-2H3. The average Bonchev–Trinajstić information content (AvgIpc) is 2.38. The topological polar surface area (TPSA) is 29.3 Å². The van der Waals surface area contributed by atoms with E-state index in [-0.39, 0.29) is 5.56 Å². The van der Waals surface area contributed by atoms with E-state index in [4.69, 9.17) is 5.73 Å². The van der Waals surface area contributed by atoms with Crippen molar-refractivity contribution in [2.45, 2.75) is 45.1 Å². The predicted molar refractivity (Wildman–Crippen MR) is 75.6 cm³/mol. The summed E-state index contributed by atoms with van der Waals surface area (Å²) < 4.78 is 26.3. The molecule has 2 rings (SSSR count). The molecule has 2 N–H and O–H groups in total. The van der Waals surface area contributed by atoms with E-state index < -0.39 is 6.43 Å². The van der Waals surface area contributed by atoms with Crippen molar-refractivity contribution in [2.24, 2.45) is 5.92 Å². The van der Waals surface area contributed by atoms with Crippen LogP contribution in [0.4, 0.5) is 20.2 Å². The van der Waals surface area contributed by atoms with Gasteiger partial charge in [0.25, 0.3) is 6.43 Å². The van der Waals surface area contributed by atoms with Crippen LogP contribution in [0.5, 0.6) is 0 Å². The molecule has 0 bridgehead atoms. The molecular weight excluding hydrogens is 246 g/mol. The minimum Gasteiger partial charge on any atom is -0.399 e. The van der Waals surface area contributed by atoms with Gasteiger partial charge in [0.15, 0.2) is 0 Å². The van der Waals surface area contributed by atoms with Crippen molar-refractivity contribution in [1.29, 1.82) is 0 Å². The third-order valence-electron chi connectivity index (χ3n) is 4.23. The van der Waals surface area contributed by atoms with E-state index in [1.54, 1.807) is 12.1 Å². The fourth-order valence-electron chi connectivity index (χ4n) is 3.12. The van der Waals surface area contributed by atoms with E-state index in [2.05, 4.69) is 6.92 Å². The van der Waals surface area contributed by atoms with Gasteiger partial charge in [0.1, 0.15) is 0 Å². The highest BCUT2D eigenvalue weighted by Gasteiger charge is 2.27. The summed E-state index contributed by atoms with van der Waals surface area (Å²) in [5, 5.41) is 0. The molecule has 2 unspecified atom stereocenters. The van der Waals surface area contributed by atoms with Crippen LogP contribution < -0.4 is 10.6 Å². The first-order valence-electron chi connectivity index (χ1n) is 6.91. The molecule has 0 aromatic heterocycles. The number of rotatable bonds is 3. The zero-order chi connectivity index (χ0) is 14.0. The number of benzene rings is 1. The maximum absolute atomic E-state index is 13.1. The fourth-order valence-corrected chi connectivity index (χ4v) is 3.12. The Morgan fingerprint density at radius 3 is 2.58 bits per heavy atom. The molecule has 1 saturated carbocycles. The average molecular weight is 268 g/mol. The second kappa shape index (κ2) is 5.76. The summed E-state index contributed by atoms with van der Waals surface area (Å²) in [6, 6.07) is 5.16. The first-order valence-corrected chi connectivity index (χ1v) is 6.91. The molecule has 106 valence electrons. The van der Waals surface area contributed by atoms with Crippen molar-refractivity contribution in [3.8, 4) is 0 Å². The summed E-state index contributed by atoms with van der Waals surface area (Å²) >= 11 is 0. The van der Waals surface area contributed by atoms with Gasteiger partial charge in [-0.1, -0.05) is 19.8 Å². The molecule has 2 nitrogen and oxygen atoms in total. The minimum absolute atomic E-state index is 0.0419. The Kier molecular flexibility index (Phi) is 4.27. The molecule has 0 spiro atoms. The van der Waals surface area contributed by atoms with E-state index in [1.807, 2.05) is 11.9 Å². The first kappa shape index (κ1) is 14.1. The molecule has 2 atom stereocenters. The molecule has 1 aliphatic rings. The Labute approximate surface area is 113 Å². The number of nitrogens with two attached hydrogens (primary N) is 1. The highest BCUT2D eigenvalue weighted by Crippen LogP contribution is 2.36. The van der Waals surface area contributed by atoms with Gasteiger partial charge >= 0.3 is 0 Å². The number of nitrogen functional groups attached to an aromatic ring is 1. The zero-order valence-corrected chi connectivity index (χ0v) is 11.6. The van der Waals surface area contributed by atoms with Crippen molar-refractivity contribution >= 4 is 11.4 Å². The highest BCUT2D eigenvalue weighted by molar-refractivity contribution is 5.60. The van der Waals surface area contributed by atoms with Crippen LogP contribution in [0, 0.1) is 5.92 Å². The lowest BCUT2D eigenvalue weighted by atomic mass is 9.84. The molecule has 1 aromatic carbocycles. The molecule has 4 heteroatoms. The number of alkyl halides is 2. The van der Waals surface area contributed by atoms with Gasteiger partial charge in [0.05, 0.1) is 0 Å². The van der Waals surface area contributed by atoms with E-state index in [1.165, 1.54) is 25.3 Å². The molecule has 0 radical (unpaired) electrons. The van der Waals surface area contributed by atoms with Gasteiger partial charge in [0.2, 0.25) is 0 Å². The molecule has 1 aliphatic carbocycles. The van der Waals surface area contributed by atoms with Crippen LogP contribution in [0.3, 0.4) is 0 Å². The summed E-state index contributed by atoms with van der Waals surface area (Å²) in [4.78, 5) is 2.02. The monoisotopic (exact) mass is 268 g/mol. The fraction of sp³-hybridized carbons (Fsp3) is 0.600. The van der Waals surface area contributed by atoms with Gasteiger partial charge in [-0.05, 0) is 37.0 Å². The normalized spacial score (nSPS) is 23.6. The largest absolute Gasteiger partial charge is 0.399 e. The van der Waals surface area contributed by atoms with Gasteiger partial charge in [-0.25, -0.2) is 8.78 Å². The van der Waals surface area contributed by atoms with Crippen molar-refractivity contribution in [3.05, 3.63) is 23.8 Å². The van der Waals surface area contributed by atoms with Crippen LogP contribution in [-0.4, -0.2) is 13.1 Å². The molecule has 1 fully saturated rings. The summed E-state index contributed by atoms with van der Waals surface area (Å²) in [6.07, 6.45) is 2.19. The van der Waals surface area contributed by atoms with Gasteiger partial charge in [-0.15, -0.1) is 0 Å². The number of nitrogens with zero attached hydrogens (tertiary/aromatic N) is 1. The third-order valence-corrected chi connectivity index (χ3v) is 4.23. The van der Waals surface area contributed by atoms with Crippen molar-refractivity contribution in [2.75, 3.05) is 17.7 Å². The Bertz CT molecular complexity index is 434. The Morgan fingerprint density at radius 1 is 1.26 bits per heavy atom. The van der Waals surface area contributed by atoms with Gasteiger partial charge in [-0.2, -0.15) is 0 Å². The molecule has 0 amide bonds. The van der Waals surface area contributed by atoms with Crippen molar-refractivity contribution < 1.29 is 8.78 Å². The molecule has 1 aromatic rings. The van der Waals surface area contributed by atoms with Gasteiger partial charge in [0, 0.05) is 30.0 Å². The van der Waals surface area contributed by atoms with Gasteiger partial charge < -0.3 is 10.6 Å². The minimum atomic E-state index is -2.49. The van der Waals surface area contributed by atoms with Crippen molar-refractivity contribution in [3.63, 3.8) is 0 Å². The second-order valence-corrected chi connectivity index (χ2v) is 5.56. The summed E-state index contributed by atoms with van der Waals surface area (Å²) in [7, 11) is 1.92. The Balaban J connectivity index is 2.29. The lowest BCUT2D eigenvalue weighted by molar-refractivity contribution is 0.151. The number of hydrogen-bond donors (Lipinski definition) is 1. The molecule has 0 aliphatic heterocycles. The lowest BCUT2D eigenvalue weighted by Gasteiger charge is -2.38. The number of halogens is 2. The van der Waals surface area contributed by atoms with E-state index in [9.17, 15) is 8.78 Å².